The molecule has 1 N–H and O–H groups in total. The molecule has 0 aromatic heterocycles. The number of rotatable bonds is 6. The van der Waals surface area contributed by atoms with Gasteiger partial charge in [0.15, 0.2) is 0 Å². The molecule has 1 atom stereocenters. The van der Waals surface area contributed by atoms with Crippen LogP contribution < -0.4 is 0 Å². The van der Waals surface area contributed by atoms with Crippen LogP contribution in [0.25, 0.3) is 0 Å². The molecule has 0 amide bonds. The summed E-state index contributed by atoms with van der Waals surface area (Å²) in [7, 11) is 0. The molecule has 14 heavy (non-hydrogen) atoms. The second kappa shape index (κ2) is 9.09. The van der Waals surface area contributed by atoms with Crippen LogP contribution in [0.1, 0.15) is 59.3 Å². The van der Waals surface area contributed by atoms with Crippen molar-refractivity contribution < 1.29 is 5.11 Å². The Morgan fingerprint density at radius 2 is 1.64 bits per heavy atom. The van der Waals surface area contributed by atoms with E-state index in [1.54, 1.807) is 0 Å². The number of hydrogen-bond donors (Lipinski definition) is 1. The van der Waals surface area contributed by atoms with Crippen molar-refractivity contribution >= 4 is 0 Å². The van der Waals surface area contributed by atoms with Gasteiger partial charge in [0.05, 0.1) is 0 Å². The van der Waals surface area contributed by atoms with Gasteiger partial charge in [0, 0.05) is 5.92 Å². The first-order valence-electron chi connectivity index (χ1n) is 5.86. The molecule has 0 bridgehead atoms. The van der Waals surface area contributed by atoms with E-state index < -0.39 is 6.10 Å². The minimum Gasteiger partial charge on any atom is -0.380 e. The Labute approximate surface area is 88.9 Å². The molecule has 0 aromatic rings. The van der Waals surface area contributed by atoms with Crippen LogP contribution in [0.2, 0.25) is 0 Å². The van der Waals surface area contributed by atoms with Gasteiger partial charge in [-0.05, 0) is 12.8 Å². The fourth-order valence-electron chi connectivity index (χ4n) is 1.28. The summed E-state index contributed by atoms with van der Waals surface area (Å²) >= 11 is 0. The molecule has 1 heteroatoms. The highest BCUT2D eigenvalue weighted by atomic mass is 16.3. The Morgan fingerprint density at radius 3 is 2.21 bits per heavy atom. The topological polar surface area (TPSA) is 20.2 Å². The van der Waals surface area contributed by atoms with Crippen molar-refractivity contribution in [1.29, 1.82) is 0 Å². The Hall–Kier alpha value is -0.480. The summed E-state index contributed by atoms with van der Waals surface area (Å²) < 4.78 is 0. The molecular formula is C13H24O. The third-order valence-corrected chi connectivity index (χ3v) is 2.12. The molecule has 0 heterocycles. The smallest absolute Gasteiger partial charge is 0.114 e. The fraction of sp³-hybridized carbons (Fsp3) is 0.846. The monoisotopic (exact) mass is 196 g/mol. The average Bonchev–Trinajstić information content (AvgIpc) is 2.14. The molecule has 0 rings (SSSR count). The largest absolute Gasteiger partial charge is 0.380 e. The highest BCUT2D eigenvalue weighted by molar-refractivity contribution is 5.06. The summed E-state index contributed by atoms with van der Waals surface area (Å²) in [6.45, 7) is 6.30. The van der Waals surface area contributed by atoms with Crippen LogP contribution in [0.3, 0.4) is 0 Å². The molecule has 0 saturated heterocycles. The van der Waals surface area contributed by atoms with E-state index in [4.69, 9.17) is 0 Å². The summed E-state index contributed by atoms with van der Waals surface area (Å²) in [5, 5.41) is 9.48. The molecule has 1 unspecified atom stereocenters. The van der Waals surface area contributed by atoms with E-state index in [2.05, 4.69) is 18.8 Å². The molecule has 1 nitrogen and oxygen atoms in total. The molecule has 0 aliphatic heterocycles. The van der Waals surface area contributed by atoms with Crippen LogP contribution in [0.4, 0.5) is 0 Å². The average molecular weight is 196 g/mol. The SMILES string of the molecule is CCCCCCCC(O)C#CC(C)C. The quantitative estimate of drug-likeness (QED) is 0.510. The zero-order valence-electron chi connectivity index (χ0n) is 9.84. The van der Waals surface area contributed by atoms with Gasteiger partial charge < -0.3 is 5.11 Å². The van der Waals surface area contributed by atoms with E-state index in [-0.39, 0.29) is 0 Å². The third-order valence-electron chi connectivity index (χ3n) is 2.12. The summed E-state index contributed by atoms with van der Waals surface area (Å²) in [4.78, 5) is 0. The zero-order chi connectivity index (χ0) is 10.8. The predicted octanol–water partition coefficient (Wildman–Crippen LogP) is 3.37. The van der Waals surface area contributed by atoms with Crippen LogP contribution in [-0.2, 0) is 0 Å². The molecule has 0 aromatic carbocycles. The van der Waals surface area contributed by atoms with Gasteiger partial charge in [0.2, 0.25) is 0 Å². The van der Waals surface area contributed by atoms with Crippen molar-refractivity contribution in [2.24, 2.45) is 5.92 Å². The van der Waals surface area contributed by atoms with Crippen LogP contribution in [0.5, 0.6) is 0 Å². The van der Waals surface area contributed by atoms with Crippen molar-refractivity contribution in [3.05, 3.63) is 0 Å². The van der Waals surface area contributed by atoms with E-state index in [0.29, 0.717) is 5.92 Å². The van der Waals surface area contributed by atoms with Crippen molar-refractivity contribution in [1.82, 2.24) is 0 Å². The van der Waals surface area contributed by atoms with Gasteiger partial charge in [-0.2, -0.15) is 0 Å². The van der Waals surface area contributed by atoms with Crippen LogP contribution in [0.15, 0.2) is 0 Å². The maximum atomic E-state index is 9.48. The number of aliphatic hydroxyl groups is 1. The number of aliphatic hydroxyl groups excluding tert-OH is 1. The van der Waals surface area contributed by atoms with Gasteiger partial charge >= 0.3 is 0 Å². The molecule has 0 aliphatic carbocycles. The van der Waals surface area contributed by atoms with E-state index in [9.17, 15) is 5.11 Å². The standard InChI is InChI=1S/C13H24O/c1-4-5-6-7-8-9-13(14)11-10-12(2)3/h12-14H,4-9H2,1-3H3. The third kappa shape index (κ3) is 9.61. The van der Waals surface area contributed by atoms with E-state index in [1.807, 2.05) is 13.8 Å². The minimum absolute atomic E-state index is 0.366. The zero-order valence-corrected chi connectivity index (χ0v) is 9.84. The Balaban J connectivity index is 3.37. The molecule has 0 fully saturated rings. The first-order valence-corrected chi connectivity index (χ1v) is 5.86. The maximum Gasteiger partial charge on any atom is 0.114 e. The first-order chi connectivity index (χ1) is 6.66. The first kappa shape index (κ1) is 13.5. The van der Waals surface area contributed by atoms with E-state index >= 15 is 0 Å². The molecular weight excluding hydrogens is 172 g/mol. The lowest BCUT2D eigenvalue weighted by atomic mass is 10.1. The fourth-order valence-corrected chi connectivity index (χ4v) is 1.28. The van der Waals surface area contributed by atoms with Crippen molar-refractivity contribution in [3.8, 4) is 11.8 Å². The van der Waals surface area contributed by atoms with Gasteiger partial charge in [0.1, 0.15) is 6.10 Å². The van der Waals surface area contributed by atoms with E-state index in [1.165, 1.54) is 25.7 Å². The Kier molecular flexibility index (Phi) is 8.78. The van der Waals surface area contributed by atoms with Crippen molar-refractivity contribution in [3.63, 3.8) is 0 Å². The molecule has 0 aliphatic rings. The second-order valence-electron chi connectivity index (χ2n) is 4.16. The predicted molar refractivity (Wildman–Crippen MR) is 62.0 cm³/mol. The lowest BCUT2D eigenvalue weighted by Gasteiger charge is -2.03. The number of unbranched alkanes of at least 4 members (excludes halogenated alkanes) is 4. The lowest BCUT2D eigenvalue weighted by Crippen LogP contribution is -2.02. The highest BCUT2D eigenvalue weighted by Crippen LogP contribution is 2.06. The summed E-state index contributed by atoms with van der Waals surface area (Å²) in [6, 6.07) is 0. The number of hydrogen-bond acceptors (Lipinski definition) is 1. The minimum atomic E-state index is -0.404. The van der Waals surface area contributed by atoms with Crippen molar-refractivity contribution in [2.45, 2.75) is 65.4 Å². The molecule has 0 spiro atoms. The van der Waals surface area contributed by atoms with Gasteiger partial charge in [0.25, 0.3) is 0 Å². The molecule has 0 radical (unpaired) electrons. The summed E-state index contributed by atoms with van der Waals surface area (Å²) in [5.41, 5.74) is 0. The van der Waals surface area contributed by atoms with Gasteiger partial charge in [-0.25, -0.2) is 0 Å². The van der Waals surface area contributed by atoms with Gasteiger partial charge in [-0.1, -0.05) is 58.3 Å². The van der Waals surface area contributed by atoms with Crippen LogP contribution in [0, 0.1) is 17.8 Å². The summed E-state index contributed by atoms with van der Waals surface area (Å²) in [6.07, 6.45) is 6.65. The highest BCUT2D eigenvalue weighted by Gasteiger charge is 1.98. The second-order valence-corrected chi connectivity index (χ2v) is 4.16. The summed E-state index contributed by atoms with van der Waals surface area (Å²) in [5.74, 6) is 6.24. The molecule has 0 saturated carbocycles. The Bertz CT molecular complexity index is 173. The van der Waals surface area contributed by atoms with E-state index in [0.717, 1.165) is 12.8 Å². The van der Waals surface area contributed by atoms with Crippen LogP contribution >= 0.6 is 0 Å². The molecule has 82 valence electrons. The Morgan fingerprint density at radius 1 is 1.00 bits per heavy atom. The lowest BCUT2D eigenvalue weighted by molar-refractivity contribution is 0.217. The maximum absolute atomic E-state index is 9.48. The van der Waals surface area contributed by atoms with Crippen molar-refractivity contribution in [2.75, 3.05) is 0 Å². The normalized spacial score (nSPS) is 12.4. The van der Waals surface area contributed by atoms with Gasteiger partial charge in [-0.15, -0.1) is 0 Å². The van der Waals surface area contributed by atoms with Gasteiger partial charge in [-0.3, -0.25) is 0 Å². The van der Waals surface area contributed by atoms with Crippen LogP contribution in [-0.4, -0.2) is 11.2 Å².